The van der Waals surface area contributed by atoms with Gasteiger partial charge in [-0.25, -0.2) is 0 Å². The Balaban J connectivity index is 2.01. The van der Waals surface area contributed by atoms with E-state index in [2.05, 4.69) is 20.8 Å². The van der Waals surface area contributed by atoms with Crippen molar-refractivity contribution in [3.63, 3.8) is 0 Å². The van der Waals surface area contributed by atoms with Crippen molar-refractivity contribution in [3.05, 3.63) is 15.2 Å². The number of nitrogens with zero attached hydrogens (tertiary/aromatic N) is 1. The van der Waals surface area contributed by atoms with Gasteiger partial charge in [0, 0.05) is 23.8 Å². The number of carboxylic acid groups (broad SMARTS) is 1. The molecule has 0 spiro atoms. The van der Waals surface area contributed by atoms with Gasteiger partial charge < -0.3 is 10.0 Å². The summed E-state index contributed by atoms with van der Waals surface area (Å²) >= 11 is 5.04. The van der Waals surface area contributed by atoms with Crippen LogP contribution in [-0.2, 0) is 4.79 Å². The fraction of sp³-hybridized carbons (Fsp3) is 0.375. The molecule has 0 aromatic carbocycles. The van der Waals surface area contributed by atoms with Crippen molar-refractivity contribution < 1.29 is 9.90 Å². The molecule has 0 atom stereocenters. The van der Waals surface area contributed by atoms with Gasteiger partial charge in [0.15, 0.2) is 0 Å². The van der Waals surface area contributed by atoms with Crippen LogP contribution in [0.1, 0.15) is 0 Å². The number of rotatable bonds is 2. The first-order chi connectivity index (χ1) is 6.18. The summed E-state index contributed by atoms with van der Waals surface area (Å²) in [6, 6.07) is 0. The third-order valence-electron chi connectivity index (χ3n) is 2.17. The smallest absolute Gasteiger partial charge is 0.310 e. The second-order valence-corrected chi connectivity index (χ2v) is 4.64. The molecule has 0 radical (unpaired) electrons. The lowest BCUT2D eigenvalue weighted by Crippen LogP contribution is -2.50. The lowest BCUT2D eigenvalue weighted by molar-refractivity contribution is -0.142. The van der Waals surface area contributed by atoms with Gasteiger partial charge >= 0.3 is 5.97 Å². The SMILES string of the molecule is O=C(O)C1CN(c2cscc2Br)C1. The van der Waals surface area contributed by atoms with E-state index in [0.717, 1.165) is 10.2 Å². The summed E-state index contributed by atoms with van der Waals surface area (Å²) in [6.07, 6.45) is 0. The Kier molecular flexibility index (Phi) is 2.29. The highest BCUT2D eigenvalue weighted by molar-refractivity contribution is 9.10. The minimum atomic E-state index is -0.692. The van der Waals surface area contributed by atoms with Gasteiger partial charge in [-0.1, -0.05) is 0 Å². The molecule has 0 amide bonds. The van der Waals surface area contributed by atoms with E-state index in [-0.39, 0.29) is 5.92 Å². The van der Waals surface area contributed by atoms with E-state index in [0.29, 0.717) is 13.1 Å². The number of aliphatic carboxylic acids is 1. The van der Waals surface area contributed by atoms with E-state index in [1.165, 1.54) is 0 Å². The van der Waals surface area contributed by atoms with E-state index in [9.17, 15) is 4.79 Å². The molecule has 1 fully saturated rings. The molecule has 1 aromatic rings. The zero-order valence-corrected chi connectivity index (χ0v) is 9.14. The third-order valence-corrected chi connectivity index (χ3v) is 3.84. The number of hydrogen-bond acceptors (Lipinski definition) is 3. The Morgan fingerprint density at radius 2 is 2.31 bits per heavy atom. The molecule has 0 aliphatic carbocycles. The van der Waals surface area contributed by atoms with Crippen LogP contribution < -0.4 is 4.90 Å². The highest BCUT2D eigenvalue weighted by Crippen LogP contribution is 2.34. The summed E-state index contributed by atoms with van der Waals surface area (Å²) in [5.74, 6) is -0.880. The molecule has 0 saturated carbocycles. The molecular formula is C8H8BrNO2S. The van der Waals surface area contributed by atoms with Gasteiger partial charge in [-0.05, 0) is 15.9 Å². The summed E-state index contributed by atoms with van der Waals surface area (Å²) in [6.45, 7) is 1.26. The average Bonchev–Trinajstić information content (AvgIpc) is 2.32. The Bertz CT molecular complexity index is 333. The summed E-state index contributed by atoms with van der Waals surface area (Å²) in [7, 11) is 0. The van der Waals surface area contributed by atoms with E-state index in [4.69, 9.17) is 5.11 Å². The van der Waals surface area contributed by atoms with Crippen molar-refractivity contribution in [1.82, 2.24) is 0 Å². The van der Waals surface area contributed by atoms with Crippen LogP contribution in [0.2, 0.25) is 0 Å². The summed E-state index contributed by atoms with van der Waals surface area (Å²) < 4.78 is 1.06. The predicted octanol–water partition coefficient (Wildman–Crippen LogP) is 2.03. The molecular weight excluding hydrogens is 254 g/mol. The third kappa shape index (κ3) is 1.58. The summed E-state index contributed by atoms with van der Waals surface area (Å²) in [5, 5.41) is 12.7. The Morgan fingerprint density at radius 1 is 1.62 bits per heavy atom. The molecule has 0 bridgehead atoms. The fourth-order valence-electron chi connectivity index (χ4n) is 1.33. The average molecular weight is 262 g/mol. The van der Waals surface area contributed by atoms with Crippen molar-refractivity contribution in [1.29, 1.82) is 0 Å². The van der Waals surface area contributed by atoms with Gasteiger partial charge in [0.25, 0.3) is 0 Å². The summed E-state index contributed by atoms with van der Waals surface area (Å²) in [4.78, 5) is 12.6. The van der Waals surface area contributed by atoms with Crippen molar-refractivity contribution in [3.8, 4) is 0 Å². The van der Waals surface area contributed by atoms with Crippen LogP contribution in [0, 0.1) is 5.92 Å². The quantitative estimate of drug-likeness (QED) is 0.886. The molecule has 2 heterocycles. The molecule has 5 heteroatoms. The molecule has 70 valence electrons. The Morgan fingerprint density at radius 3 is 2.77 bits per heavy atom. The monoisotopic (exact) mass is 261 g/mol. The molecule has 1 aliphatic heterocycles. The van der Waals surface area contributed by atoms with E-state index in [1.54, 1.807) is 11.3 Å². The van der Waals surface area contributed by atoms with Gasteiger partial charge in [0.05, 0.1) is 16.1 Å². The minimum absolute atomic E-state index is 0.188. The van der Waals surface area contributed by atoms with Crippen LogP contribution >= 0.6 is 27.3 Å². The predicted molar refractivity (Wildman–Crippen MR) is 55.4 cm³/mol. The molecule has 1 N–H and O–H groups in total. The molecule has 0 unspecified atom stereocenters. The van der Waals surface area contributed by atoms with Crippen molar-refractivity contribution in [2.24, 2.45) is 5.92 Å². The van der Waals surface area contributed by atoms with Gasteiger partial charge in [0.1, 0.15) is 0 Å². The van der Waals surface area contributed by atoms with Crippen molar-refractivity contribution >= 4 is 38.9 Å². The second-order valence-electron chi connectivity index (χ2n) is 3.05. The van der Waals surface area contributed by atoms with Crippen LogP contribution in [0.4, 0.5) is 5.69 Å². The van der Waals surface area contributed by atoms with Crippen LogP contribution in [-0.4, -0.2) is 24.2 Å². The number of anilines is 1. The fourth-order valence-corrected chi connectivity index (χ4v) is 2.89. The van der Waals surface area contributed by atoms with Gasteiger partial charge in [0.2, 0.25) is 0 Å². The lowest BCUT2D eigenvalue weighted by atomic mass is 10.0. The Hall–Kier alpha value is -0.550. The van der Waals surface area contributed by atoms with Crippen molar-refractivity contribution in [2.45, 2.75) is 0 Å². The van der Waals surface area contributed by atoms with Gasteiger partial charge in [-0.15, -0.1) is 11.3 Å². The highest BCUT2D eigenvalue weighted by Gasteiger charge is 2.33. The van der Waals surface area contributed by atoms with Crippen LogP contribution in [0.25, 0.3) is 0 Å². The van der Waals surface area contributed by atoms with Crippen molar-refractivity contribution in [2.75, 3.05) is 18.0 Å². The number of thiophene rings is 1. The minimum Gasteiger partial charge on any atom is -0.481 e. The standard InChI is InChI=1S/C8H8BrNO2S/c9-6-3-13-4-7(6)10-1-5(2-10)8(11)12/h3-5H,1-2H2,(H,11,12). The number of carboxylic acids is 1. The topological polar surface area (TPSA) is 40.5 Å². The largest absolute Gasteiger partial charge is 0.481 e. The Labute approximate surface area is 88.1 Å². The lowest BCUT2D eigenvalue weighted by Gasteiger charge is -2.38. The maximum atomic E-state index is 10.5. The normalized spacial score (nSPS) is 17.2. The summed E-state index contributed by atoms with van der Waals surface area (Å²) in [5.41, 5.74) is 1.11. The van der Waals surface area contributed by atoms with Gasteiger partial charge in [-0.3, -0.25) is 4.79 Å². The molecule has 1 aliphatic rings. The maximum absolute atomic E-state index is 10.5. The first-order valence-electron chi connectivity index (χ1n) is 3.88. The zero-order chi connectivity index (χ0) is 9.42. The highest BCUT2D eigenvalue weighted by atomic mass is 79.9. The van der Waals surface area contributed by atoms with Crippen LogP contribution in [0.5, 0.6) is 0 Å². The first-order valence-corrected chi connectivity index (χ1v) is 5.61. The molecule has 2 rings (SSSR count). The molecule has 1 aromatic heterocycles. The first kappa shape index (κ1) is 9.02. The second kappa shape index (κ2) is 3.31. The maximum Gasteiger partial charge on any atom is 0.310 e. The number of halogens is 1. The van der Waals surface area contributed by atoms with E-state index in [1.807, 2.05) is 10.8 Å². The molecule has 13 heavy (non-hydrogen) atoms. The zero-order valence-electron chi connectivity index (χ0n) is 6.74. The number of carbonyl (C=O) groups is 1. The molecule has 3 nitrogen and oxygen atoms in total. The van der Waals surface area contributed by atoms with Gasteiger partial charge in [-0.2, -0.15) is 0 Å². The van der Waals surface area contributed by atoms with E-state index < -0.39 is 5.97 Å². The van der Waals surface area contributed by atoms with Crippen LogP contribution in [0.3, 0.4) is 0 Å². The van der Waals surface area contributed by atoms with Crippen LogP contribution in [0.15, 0.2) is 15.2 Å². The number of hydrogen-bond donors (Lipinski definition) is 1. The molecule has 1 saturated heterocycles. The van der Waals surface area contributed by atoms with E-state index >= 15 is 0 Å².